The topological polar surface area (TPSA) is 38.0 Å². The fourth-order valence-electron chi connectivity index (χ4n) is 0.985. The molecule has 0 fully saturated rings. The smallest absolute Gasteiger partial charge is 0.0106 e. The molecule has 0 aliphatic carbocycles. The van der Waals surface area contributed by atoms with Gasteiger partial charge >= 0.3 is 0 Å². The van der Waals surface area contributed by atoms with Gasteiger partial charge in [0.2, 0.25) is 0 Å². The number of hydrogen-bond donors (Lipinski definition) is 2. The Hall–Kier alpha value is -0.510. The lowest BCUT2D eigenvalue weighted by Gasteiger charge is -2.02. The first kappa shape index (κ1) is 10.6. The molecule has 0 aliphatic rings. The van der Waals surface area contributed by atoms with Crippen molar-refractivity contribution in [2.45, 2.75) is 4.90 Å². The van der Waals surface area contributed by atoms with E-state index in [0.717, 1.165) is 25.4 Å². The van der Waals surface area contributed by atoms with Gasteiger partial charge in [-0.3, -0.25) is 0 Å². The highest BCUT2D eigenvalue weighted by molar-refractivity contribution is 7.99. The average Bonchev–Trinajstić information content (AvgIpc) is 2.19. The number of nitrogens with one attached hydrogen (secondary N) is 1. The number of thioether (sulfide) groups is 1. The van der Waals surface area contributed by atoms with Crippen LogP contribution in [0.15, 0.2) is 35.2 Å². The van der Waals surface area contributed by atoms with Crippen molar-refractivity contribution in [3.8, 4) is 0 Å². The van der Waals surface area contributed by atoms with E-state index in [9.17, 15) is 0 Å². The SMILES string of the molecule is NCCNCCSc1ccccc1. The van der Waals surface area contributed by atoms with Crippen LogP contribution in [0.1, 0.15) is 0 Å². The van der Waals surface area contributed by atoms with Crippen molar-refractivity contribution >= 4 is 11.8 Å². The molecule has 0 amide bonds. The Morgan fingerprint density at radius 1 is 1.15 bits per heavy atom. The van der Waals surface area contributed by atoms with Gasteiger partial charge in [0, 0.05) is 30.3 Å². The summed E-state index contributed by atoms with van der Waals surface area (Å²) in [7, 11) is 0. The van der Waals surface area contributed by atoms with Gasteiger partial charge in [-0.1, -0.05) is 18.2 Å². The summed E-state index contributed by atoms with van der Waals surface area (Å²) in [5, 5.41) is 3.26. The second-order valence-corrected chi connectivity index (χ2v) is 3.87. The third kappa shape index (κ3) is 4.93. The quantitative estimate of drug-likeness (QED) is 0.532. The van der Waals surface area contributed by atoms with Crippen molar-refractivity contribution in [1.82, 2.24) is 5.32 Å². The molecule has 0 atom stereocenters. The molecule has 0 saturated carbocycles. The molecule has 13 heavy (non-hydrogen) atoms. The third-order valence-electron chi connectivity index (χ3n) is 1.61. The zero-order valence-electron chi connectivity index (χ0n) is 7.70. The Labute approximate surface area is 83.9 Å². The minimum absolute atomic E-state index is 0.718. The fourth-order valence-corrected chi connectivity index (χ4v) is 1.82. The van der Waals surface area contributed by atoms with Crippen LogP contribution in [0.5, 0.6) is 0 Å². The van der Waals surface area contributed by atoms with E-state index in [4.69, 9.17) is 5.73 Å². The Morgan fingerprint density at radius 3 is 2.62 bits per heavy atom. The highest BCUT2D eigenvalue weighted by Gasteiger charge is 1.90. The van der Waals surface area contributed by atoms with Crippen molar-refractivity contribution in [2.24, 2.45) is 5.73 Å². The standard InChI is InChI=1S/C10H16N2S/c11-6-7-12-8-9-13-10-4-2-1-3-5-10/h1-5,12H,6-9,11H2. The first-order valence-electron chi connectivity index (χ1n) is 4.52. The van der Waals surface area contributed by atoms with Crippen molar-refractivity contribution in [3.63, 3.8) is 0 Å². The number of rotatable bonds is 6. The Bertz CT molecular complexity index is 213. The molecule has 2 nitrogen and oxygen atoms in total. The average molecular weight is 196 g/mol. The number of benzene rings is 1. The maximum absolute atomic E-state index is 5.35. The molecule has 0 aliphatic heterocycles. The van der Waals surface area contributed by atoms with Gasteiger partial charge in [0.1, 0.15) is 0 Å². The van der Waals surface area contributed by atoms with Crippen LogP contribution in [0.2, 0.25) is 0 Å². The van der Waals surface area contributed by atoms with Crippen molar-refractivity contribution in [2.75, 3.05) is 25.4 Å². The van der Waals surface area contributed by atoms with Crippen molar-refractivity contribution in [3.05, 3.63) is 30.3 Å². The highest BCUT2D eigenvalue weighted by atomic mass is 32.2. The van der Waals surface area contributed by atoms with Gasteiger partial charge in [0.15, 0.2) is 0 Å². The van der Waals surface area contributed by atoms with E-state index in [-0.39, 0.29) is 0 Å². The molecule has 0 aromatic heterocycles. The normalized spacial score (nSPS) is 10.2. The summed E-state index contributed by atoms with van der Waals surface area (Å²) in [6.45, 7) is 2.65. The molecular formula is C10H16N2S. The molecule has 1 aromatic rings. The Balaban J connectivity index is 2.07. The number of nitrogens with two attached hydrogens (primary N) is 1. The minimum atomic E-state index is 0.718. The van der Waals surface area contributed by atoms with Crippen LogP contribution >= 0.6 is 11.8 Å². The van der Waals surface area contributed by atoms with Crippen LogP contribution in [-0.2, 0) is 0 Å². The lowest BCUT2D eigenvalue weighted by Crippen LogP contribution is -2.24. The molecule has 0 saturated heterocycles. The summed E-state index contributed by atoms with van der Waals surface area (Å²) in [6, 6.07) is 10.4. The second kappa shape index (κ2) is 6.95. The summed E-state index contributed by atoms with van der Waals surface area (Å²) < 4.78 is 0. The zero-order valence-corrected chi connectivity index (χ0v) is 8.52. The summed E-state index contributed by atoms with van der Waals surface area (Å²) >= 11 is 1.87. The maximum Gasteiger partial charge on any atom is 0.0106 e. The van der Waals surface area contributed by atoms with Crippen molar-refractivity contribution < 1.29 is 0 Å². The van der Waals surface area contributed by atoms with Crippen LogP contribution in [0.4, 0.5) is 0 Å². The van der Waals surface area contributed by atoms with E-state index in [1.807, 2.05) is 17.8 Å². The van der Waals surface area contributed by atoms with Gasteiger partial charge in [-0.25, -0.2) is 0 Å². The van der Waals surface area contributed by atoms with E-state index < -0.39 is 0 Å². The molecule has 3 heteroatoms. The largest absolute Gasteiger partial charge is 0.329 e. The summed E-state index contributed by atoms with van der Waals surface area (Å²) in [5.74, 6) is 1.10. The van der Waals surface area contributed by atoms with Gasteiger partial charge in [-0.15, -0.1) is 11.8 Å². The van der Waals surface area contributed by atoms with E-state index in [0.29, 0.717) is 0 Å². The second-order valence-electron chi connectivity index (χ2n) is 2.70. The molecule has 1 rings (SSSR count). The van der Waals surface area contributed by atoms with Gasteiger partial charge in [0.05, 0.1) is 0 Å². The first-order valence-corrected chi connectivity index (χ1v) is 5.50. The molecule has 0 unspecified atom stereocenters. The summed E-state index contributed by atoms with van der Waals surface area (Å²) in [5.41, 5.74) is 5.35. The van der Waals surface area contributed by atoms with Crippen LogP contribution < -0.4 is 11.1 Å². The van der Waals surface area contributed by atoms with Gasteiger partial charge < -0.3 is 11.1 Å². The van der Waals surface area contributed by atoms with Crippen molar-refractivity contribution in [1.29, 1.82) is 0 Å². The zero-order chi connectivity index (χ0) is 9.36. The fraction of sp³-hybridized carbons (Fsp3) is 0.400. The molecule has 0 spiro atoms. The van der Waals surface area contributed by atoms with Crippen LogP contribution in [-0.4, -0.2) is 25.4 Å². The number of hydrogen-bond acceptors (Lipinski definition) is 3. The lowest BCUT2D eigenvalue weighted by atomic mass is 10.4. The molecule has 0 radical (unpaired) electrons. The minimum Gasteiger partial charge on any atom is -0.329 e. The Morgan fingerprint density at radius 2 is 1.92 bits per heavy atom. The molecular weight excluding hydrogens is 180 g/mol. The van der Waals surface area contributed by atoms with Gasteiger partial charge in [0.25, 0.3) is 0 Å². The summed E-state index contributed by atoms with van der Waals surface area (Å²) in [4.78, 5) is 1.33. The monoisotopic (exact) mass is 196 g/mol. The maximum atomic E-state index is 5.35. The van der Waals surface area contributed by atoms with Crippen LogP contribution in [0.25, 0.3) is 0 Å². The molecule has 0 bridgehead atoms. The predicted octanol–water partition coefficient (Wildman–Crippen LogP) is 1.33. The van der Waals surface area contributed by atoms with E-state index >= 15 is 0 Å². The molecule has 1 aromatic carbocycles. The van der Waals surface area contributed by atoms with E-state index in [2.05, 4.69) is 29.6 Å². The van der Waals surface area contributed by atoms with Gasteiger partial charge in [-0.2, -0.15) is 0 Å². The lowest BCUT2D eigenvalue weighted by molar-refractivity contribution is 0.729. The predicted molar refractivity (Wildman–Crippen MR) is 59.1 cm³/mol. The molecule has 0 heterocycles. The third-order valence-corrected chi connectivity index (χ3v) is 2.63. The highest BCUT2D eigenvalue weighted by Crippen LogP contribution is 2.15. The van der Waals surface area contributed by atoms with E-state index in [1.54, 1.807) is 0 Å². The van der Waals surface area contributed by atoms with Gasteiger partial charge in [-0.05, 0) is 12.1 Å². The van der Waals surface area contributed by atoms with Crippen LogP contribution in [0.3, 0.4) is 0 Å². The van der Waals surface area contributed by atoms with E-state index in [1.165, 1.54) is 4.90 Å². The summed E-state index contributed by atoms with van der Waals surface area (Å²) in [6.07, 6.45) is 0. The Kier molecular flexibility index (Phi) is 5.65. The van der Waals surface area contributed by atoms with Crippen LogP contribution in [0, 0.1) is 0 Å². The molecule has 3 N–H and O–H groups in total. The first-order chi connectivity index (χ1) is 6.43. The molecule has 72 valence electrons.